The van der Waals surface area contributed by atoms with E-state index in [2.05, 4.69) is 5.32 Å². The van der Waals surface area contributed by atoms with Crippen molar-refractivity contribution in [3.05, 3.63) is 23.8 Å². The van der Waals surface area contributed by atoms with Crippen LogP contribution in [-0.4, -0.2) is 28.3 Å². The van der Waals surface area contributed by atoms with Gasteiger partial charge in [-0.1, -0.05) is 0 Å². The van der Waals surface area contributed by atoms with E-state index in [0.29, 0.717) is 0 Å². The molecule has 1 heterocycles. The maximum absolute atomic E-state index is 9.79. The molecule has 0 saturated carbocycles. The van der Waals surface area contributed by atoms with Gasteiger partial charge in [-0.25, -0.2) is 0 Å². The maximum Gasteiger partial charge on any atom is 0.120 e. The van der Waals surface area contributed by atoms with Crippen LogP contribution in [0.4, 0.5) is 0 Å². The molecule has 18 heavy (non-hydrogen) atoms. The molecule has 1 aliphatic rings. The highest BCUT2D eigenvalue weighted by Crippen LogP contribution is 2.28. The van der Waals surface area contributed by atoms with Crippen molar-refractivity contribution in [2.45, 2.75) is 25.8 Å². The molecule has 4 heteroatoms. The van der Waals surface area contributed by atoms with Crippen molar-refractivity contribution in [2.75, 3.05) is 18.1 Å². The molecule has 3 N–H and O–H groups in total. The van der Waals surface area contributed by atoms with Gasteiger partial charge in [-0.15, -0.1) is 0 Å². The normalized spacial score (nSPS) is 18.7. The third-order valence-electron chi connectivity index (χ3n) is 3.53. The third-order valence-corrected chi connectivity index (χ3v) is 4.58. The van der Waals surface area contributed by atoms with Gasteiger partial charge < -0.3 is 15.5 Å². The average molecular weight is 267 g/mol. The Hall–Kier alpha value is -0.870. The lowest BCUT2D eigenvalue weighted by molar-refractivity contribution is 0.405. The fourth-order valence-electron chi connectivity index (χ4n) is 2.29. The highest BCUT2D eigenvalue weighted by Gasteiger charge is 2.16. The highest BCUT2D eigenvalue weighted by atomic mass is 32.2. The second kappa shape index (κ2) is 6.34. The molecule has 1 unspecified atom stereocenters. The number of nitrogens with one attached hydrogen (secondary N) is 1. The van der Waals surface area contributed by atoms with Crippen LogP contribution in [0.25, 0.3) is 0 Å². The molecule has 1 saturated heterocycles. The Balaban J connectivity index is 1.90. The summed E-state index contributed by atoms with van der Waals surface area (Å²) in [5.74, 6) is 3.71. The van der Waals surface area contributed by atoms with Crippen LogP contribution >= 0.6 is 11.8 Å². The van der Waals surface area contributed by atoms with E-state index in [-0.39, 0.29) is 17.5 Å². The molecule has 1 aromatic rings. The van der Waals surface area contributed by atoms with Gasteiger partial charge in [-0.05, 0) is 61.9 Å². The Labute approximate surface area is 113 Å². The van der Waals surface area contributed by atoms with Crippen LogP contribution in [0.15, 0.2) is 18.2 Å². The molecule has 0 aliphatic carbocycles. The molecule has 0 bridgehead atoms. The van der Waals surface area contributed by atoms with E-state index in [1.165, 1.54) is 30.4 Å². The Kier molecular flexibility index (Phi) is 4.78. The average Bonchev–Trinajstić information content (AvgIpc) is 2.40. The molecule has 0 aromatic heterocycles. The number of hydrogen-bond donors (Lipinski definition) is 3. The van der Waals surface area contributed by atoms with Crippen LogP contribution in [0.1, 0.15) is 31.4 Å². The van der Waals surface area contributed by atoms with Crippen molar-refractivity contribution in [2.24, 2.45) is 5.92 Å². The van der Waals surface area contributed by atoms with Crippen molar-refractivity contribution in [1.82, 2.24) is 5.32 Å². The third kappa shape index (κ3) is 3.56. The number of thioether (sulfide) groups is 1. The Morgan fingerprint density at radius 2 is 2.06 bits per heavy atom. The number of rotatable bonds is 4. The molecule has 100 valence electrons. The zero-order valence-electron chi connectivity index (χ0n) is 10.7. The molecule has 3 nitrogen and oxygen atoms in total. The number of hydrogen-bond acceptors (Lipinski definition) is 4. The summed E-state index contributed by atoms with van der Waals surface area (Å²) in [5, 5.41) is 22.7. The molecule has 2 rings (SSSR count). The van der Waals surface area contributed by atoms with E-state index in [1.54, 1.807) is 12.1 Å². The first-order chi connectivity index (χ1) is 8.66. The Morgan fingerprint density at radius 3 is 2.78 bits per heavy atom. The number of phenols is 2. The quantitative estimate of drug-likeness (QED) is 0.734. The van der Waals surface area contributed by atoms with E-state index in [1.807, 2.05) is 18.7 Å². The molecule has 1 fully saturated rings. The molecule has 0 amide bonds. The standard InChI is InChI=1S/C14H21NO2S/c1-10(13-8-12(16)2-3-14(13)17)15-9-11-4-6-18-7-5-11/h2-3,8,10-11,15-17H,4-7,9H2,1H3. The van der Waals surface area contributed by atoms with Gasteiger partial charge in [0, 0.05) is 11.6 Å². The van der Waals surface area contributed by atoms with Crippen LogP contribution in [0, 0.1) is 5.92 Å². The summed E-state index contributed by atoms with van der Waals surface area (Å²) in [4.78, 5) is 0. The molecule has 0 spiro atoms. The van der Waals surface area contributed by atoms with E-state index in [9.17, 15) is 10.2 Å². The molecule has 1 aromatic carbocycles. The predicted octanol–water partition coefficient (Wildman–Crippen LogP) is 2.89. The SMILES string of the molecule is CC(NCC1CCSCC1)c1cc(O)ccc1O. The van der Waals surface area contributed by atoms with Gasteiger partial charge in [0.05, 0.1) is 0 Å². The summed E-state index contributed by atoms with van der Waals surface area (Å²) in [6, 6.07) is 4.74. The van der Waals surface area contributed by atoms with E-state index in [4.69, 9.17) is 0 Å². The summed E-state index contributed by atoms with van der Waals surface area (Å²) in [7, 11) is 0. The Morgan fingerprint density at radius 1 is 1.33 bits per heavy atom. The topological polar surface area (TPSA) is 52.5 Å². The molecule has 1 atom stereocenters. The number of aromatic hydroxyl groups is 2. The first kappa shape index (κ1) is 13.6. The second-order valence-electron chi connectivity index (χ2n) is 4.93. The minimum Gasteiger partial charge on any atom is -0.508 e. The van der Waals surface area contributed by atoms with Crippen molar-refractivity contribution in [1.29, 1.82) is 0 Å². The zero-order valence-corrected chi connectivity index (χ0v) is 11.5. The lowest BCUT2D eigenvalue weighted by atomic mass is 10.0. The number of benzene rings is 1. The fraction of sp³-hybridized carbons (Fsp3) is 0.571. The van der Waals surface area contributed by atoms with Crippen molar-refractivity contribution >= 4 is 11.8 Å². The second-order valence-corrected chi connectivity index (χ2v) is 6.15. The van der Waals surface area contributed by atoms with Gasteiger partial charge in [-0.3, -0.25) is 0 Å². The largest absolute Gasteiger partial charge is 0.508 e. The lowest BCUT2D eigenvalue weighted by Crippen LogP contribution is -2.28. The van der Waals surface area contributed by atoms with Crippen molar-refractivity contribution < 1.29 is 10.2 Å². The summed E-state index contributed by atoms with van der Waals surface area (Å²) in [6.45, 7) is 3.00. The van der Waals surface area contributed by atoms with E-state index < -0.39 is 0 Å². The monoisotopic (exact) mass is 267 g/mol. The summed E-state index contributed by atoms with van der Waals surface area (Å²) >= 11 is 2.03. The van der Waals surface area contributed by atoms with Crippen LogP contribution in [-0.2, 0) is 0 Å². The van der Waals surface area contributed by atoms with Crippen LogP contribution in [0.2, 0.25) is 0 Å². The van der Waals surface area contributed by atoms with Gasteiger partial charge in [-0.2, -0.15) is 11.8 Å². The molecular weight excluding hydrogens is 246 g/mol. The van der Waals surface area contributed by atoms with Crippen LogP contribution < -0.4 is 5.32 Å². The van der Waals surface area contributed by atoms with Crippen molar-refractivity contribution in [3.63, 3.8) is 0 Å². The Bertz CT molecular complexity index is 391. The van der Waals surface area contributed by atoms with Gasteiger partial charge in [0.2, 0.25) is 0 Å². The molecule has 1 aliphatic heterocycles. The highest BCUT2D eigenvalue weighted by molar-refractivity contribution is 7.99. The number of phenolic OH excluding ortho intramolecular Hbond substituents is 2. The zero-order chi connectivity index (χ0) is 13.0. The smallest absolute Gasteiger partial charge is 0.120 e. The van der Waals surface area contributed by atoms with Crippen molar-refractivity contribution in [3.8, 4) is 11.5 Å². The van der Waals surface area contributed by atoms with Gasteiger partial charge >= 0.3 is 0 Å². The summed E-state index contributed by atoms with van der Waals surface area (Å²) < 4.78 is 0. The van der Waals surface area contributed by atoms with Crippen LogP contribution in [0.5, 0.6) is 11.5 Å². The van der Waals surface area contributed by atoms with Gasteiger partial charge in [0.15, 0.2) is 0 Å². The predicted molar refractivity (Wildman–Crippen MR) is 76.2 cm³/mol. The van der Waals surface area contributed by atoms with E-state index >= 15 is 0 Å². The summed E-state index contributed by atoms with van der Waals surface area (Å²) in [6.07, 6.45) is 2.55. The van der Waals surface area contributed by atoms with Gasteiger partial charge in [0.25, 0.3) is 0 Å². The minimum absolute atomic E-state index is 0.0617. The molecular formula is C14H21NO2S. The van der Waals surface area contributed by atoms with Crippen LogP contribution in [0.3, 0.4) is 0 Å². The first-order valence-electron chi connectivity index (χ1n) is 6.50. The fourth-order valence-corrected chi connectivity index (χ4v) is 3.50. The summed E-state index contributed by atoms with van der Waals surface area (Å²) in [5.41, 5.74) is 0.764. The lowest BCUT2D eigenvalue weighted by Gasteiger charge is -2.24. The minimum atomic E-state index is 0.0617. The van der Waals surface area contributed by atoms with E-state index in [0.717, 1.165) is 18.0 Å². The molecule has 0 radical (unpaired) electrons. The maximum atomic E-state index is 9.79. The first-order valence-corrected chi connectivity index (χ1v) is 7.65. The van der Waals surface area contributed by atoms with Gasteiger partial charge in [0.1, 0.15) is 11.5 Å².